The molecule has 1 aromatic heterocycles. The number of hydrogen-bond donors (Lipinski definition) is 2. The number of hydrogen-bond acceptors (Lipinski definition) is 3. The molecule has 5 heteroatoms. The topological polar surface area (TPSA) is 79.2 Å². The minimum atomic E-state index is -0.0789. The van der Waals surface area contributed by atoms with Crippen LogP contribution in [-0.2, 0) is 13.0 Å². The third-order valence-corrected chi connectivity index (χ3v) is 4.35. The van der Waals surface area contributed by atoms with Gasteiger partial charge < -0.3 is 15.6 Å². The van der Waals surface area contributed by atoms with Gasteiger partial charge in [0.15, 0.2) is 5.78 Å². The van der Waals surface area contributed by atoms with E-state index >= 15 is 0 Å². The maximum absolute atomic E-state index is 13.2. The molecule has 0 saturated heterocycles. The number of H-pyrrole nitrogens is 1. The van der Waals surface area contributed by atoms with E-state index in [2.05, 4.69) is 4.98 Å². The molecule has 0 aliphatic heterocycles. The summed E-state index contributed by atoms with van der Waals surface area (Å²) in [4.78, 5) is 30.1. The first kappa shape index (κ1) is 18.9. The van der Waals surface area contributed by atoms with E-state index in [1.807, 2.05) is 44.2 Å². The lowest BCUT2D eigenvalue weighted by Gasteiger charge is -2.23. The maximum Gasteiger partial charge on any atom is 0.270 e. The van der Waals surface area contributed by atoms with Crippen molar-refractivity contribution < 1.29 is 9.59 Å². The molecule has 0 unspecified atom stereocenters. The second-order valence-corrected chi connectivity index (χ2v) is 6.24. The van der Waals surface area contributed by atoms with Crippen LogP contribution in [0.2, 0.25) is 0 Å². The molecule has 2 aromatic rings. The van der Waals surface area contributed by atoms with E-state index < -0.39 is 0 Å². The van der Waals surface area contributed by atoms with Crippen molar-refractivity contribution >= 4 is 11.7 Å². The zero-order chi connectivity index (χ0) is 18.4. The fourth-order valence-corrected chi connectivity index (χ4v) is 3.19. The lowest BCUT2D eigenvalue weighted by atomic mass is 10.0. The third-order valence-electron chi connectivity index (χ3n) is 4.35. The fraction of sp³-hybridized carbons (Fsp3) is 0.400. The van der Waals surface area contributed by atoms with Crippen LogP contribution in [-0.4, -0.2) is 34.7 Å². The van der Waals surface area contributed by atoms with E-state index in [9.17, 15) is 9.59 Å². The number of rotatable bonds is 8. The molecule has 0 bridgehead atoms. The number of carbonyl (C=O) groups excluding carboxylic acids is 2. The zero-order valence-corrected chi connectivity index (χ0v) is 15.3. The van der Waals surface area contributed by atoms with Crippen molar-refractivity contribution in [2.24, 2.45) is 5.73 Å². The van der Waals surface area contributed by atoms with Crippen molar-refractivity contribution in [1.29, 1.82) is 0 Å². The molecule has 1 aromatic carbocycles. The van der Waals surface area contributed by atoms with Crippen molar-refractivity contribution in [3.8, 4) is 0 Å². The molecule has 0 spiro atoms. The van der Waals surface area contributed by atoms with Gasteiger partial charge in [-0.05, 0) is 44.4 Å². The maximum atomic E-state index is 13.2. The van der Waals surface area contributed by atoms with E-state index in [1.165, 1.54) is 0 Å². The Morgan fingerprint density at radius 3 is 2.44 bits per heavy atom. The summed E-state index contributed by atoms with van der Waals surface area (Å²) in [5, 5.41) is 0. The number of aromatic amines is 1. The van der Waals surface area contributed by atoms with Gasteiger partial charge in [-0.1, -0.05) is 37.3 Å². The lowest BCUT2D eigenvalue weighted by Crippen LogP contribution is -2.33. The molecule has 0 atom stereocenters. The Morgan fingerprint density at radius 1 is 1.20 bits per heavy atom. The number of ketones is 1. The molecule has 0 saturated carbocycles. The first-order valence-corrected chi connectivity index (χ1v) is 8.75. The number of Topliss-reactive ketones (excluding diaryl/α,β-unsaturated/α-hetero) is 1. The number of benzene rings is 1. The number of nitrogens with two attached hydrogens (primary N) is 1. The van der Waals surface area contributed by atoms with Crippen LogP contribution in [0, 0.1) is 6.92 Å². The summed E-state index contributed by atoms with van der Waals surface area (Å²) < 4.78 is 0. The average molecular weight is 341 g/mol. The van der Waals surface area contributed by atoms with Crippen molar-refractivity contribution in [2.75, 3.05) is 13.1 Å². The molecule has 2 rings (SSSR count). The van der Waals surface area contributed by atoms with E-state index in [1.54, 1.807) is 11.8 Å². The summed E-state index contributed by atoms with van der Waals surface area (Å²) in [6.07, 6.45) is 1.37. The highest BCUT2D eigenvalue weighted by atomic mass is 16.2. The molecule has 0 radical (unpaired) electrons. The number of carbonyl (C=O) groups is 2. The summed E-state index contributed by atoms with van der Waals surface area (Å²) in [6.45, 7) is 6.99. The molecular formula is C20H27N3O2. The number of aromatic nitrogens is 1. The van der Waals surface area contributed by atoms with Gasteiger partial charge in [0.2, 0.25) is 0 Å². The number of nitrogens with zero attached hydrogens (tertiary/aromatic N) is 1. The largest absolute Gasteiger partial charge is 0.354 e. The van der Waals surface area contributed by atoms with Crippen molar-refractivity contribution in [1.82, 2.24) is 9.88 Å². The summed E-state index contributed by atoms with van der Waals surface area (Å²) in [5.41, 5.74) is 9.44. The van der Waals surface area contributed by atoms with Gasteiger partial charge in [-0.2, -0.15) is 0 Å². The van der Waals surface area contributed by atoms with Crippen LogP contribution in [0.5, 0.6) is 0 Å². The Kier molecular flexibility index (Phi) is 6.53. The van der Waals surface area contributed by atoms with Crippen molar-refractivity contribution in [3.05, 3.63) is 58.4 Å². The number of amides is 1. The monoisotopic (exact) mass is 341 g/mol. The molecule has 25 heavy (non-hydrogen) atoms. The van der Waals surface area contributed by atoms with Crippen LogP contribution in [0.15, 0.2) is 30.3 Å². The molecule has 0 aliphatic carbocycles. The first-order chi connectivity index (χ1) is 12.0. The van der Waals surface area contributed by atoms with Gasteiger partial charge >= 0.3 is 0 Å². The van der Waals surface area contributed by atoms with Gasteiger partial charge in [0.25, 0.3) is 5.91 Å². The van der Waals surface area contributed by atoms with Crippen molar-refractivity contribution in [3.63, 3.8) is 0 Å². The average Bonchev–Trinajstić information content (AvgIpc) is 2.95. The van der Waals surface area contributed by atoms with Crippen LogP contribution in [0.4, 0.5) is 0 Å². The van der Waals surface area contributed by atoms with Crippen LogP contribution in [0.1, 0.15) is 57.9 Å². The van der Waals surface area contributed by atoms with E-state index in [4.69, 9.17) is 5.73 Å². The predicted octanol–water partition coefficient (Wildman–Crippen LogP) is 3.08. The Bertz CT molecular complexity index is 735. The van der Waals surface area contributed by atoms with E-state index in [-0.39, 0.29) is 11.7 Å². The zero-order valence-electron chi connectivity index (χ0n) is 15.3. The molecule has 1 heterocycles. The van der Waals surface area contributed by atoms with Crippen LogP contribution in [0.3, 0.4) is 0 Å². The third kappa shape index (κ3) is 4.37. The highest BCUT2D eigenvalue weighted by molar-refractivity contribution is 6.02. The Hall–Kier alpha value is -2.40. The predicted molar refractivity (Wildman–Crippen MR) is 99.8 cm³/mol. The lowest BCUT2D eigenvalue weighted by molar-refractivity contribution is 0.0735. The van der Waals surface area contributed by atoms with Gasteiger partial charge in [-0.3, -0.25) is 9.59 Å². The SMILES string of the molecule is CCc1c(C(=O)N(CCCN)Cc2ccccc2)[nH]c(C)c1C(C)=O. The molecule has 5 nitrogen and oxygen atoms in total. The van der Waals surface area contributed by atoms with Gasteiger partial charge in [-0.25, -0.2) is 0 Å². The van der Waals surface area contributed by atoms with Crippen LogP contribution < -0.4 is 5.73 Å². The second kappa shape index (κ2) is 8.62. The van der Waals surface area contributed by atoms with Gasteiger partial charge in [0.05, 0.1) is 0 Å². The van der Waals surface area contributed by atoms with Crippen molar-refractivity contribution in [2.45, 2.75) is 40.2 Å². The normalized spacial score (nSPS) is 10.7. The number of nitrogens with one attached hydrogen (secondary N) is 1. The summed E-state index contributed by atoms with van der Waals surface area (Å²) in [7, 11) is 0. The highest BCUT2D eigenvalue weighted by Gasteiger charge is 2.25. The molecule has 134 valence electrons. The highest BCUT2D eigenvalue weighted by Crippen LogP contribution is 2.22. The van der Waals surface area contributed by atoms with Crippen LogP contribution >= 0.6 is 0 Å². The van der Waals surface area contributed by atoms with Gasteiger partial charge in [0.1, 0.15) is 5.69 Å². The van der Waals surface area contributed by atoms with Crippen LogP contribution in [0.25, 0.3) is 0 Å². The molecule has 0 fully saturated rings. The standard InChI is InChI=1S/C20H27N3O2/c1-4-17-18(15(3)24)14(2)22-19(17)20(25)23(12-8-11-21)13-16-9-6-5-7-10-16/h5-7,9-10,22H,4,8,11-13,21H2,1-3H3. The summed E-state index contributed by atoms with van der Waals surface area (Å²) in [5.74, 6) is -0.0917. The van der Waals surface area contributed by atoms with E-state index in [0.29, 0.717) is 37.3 Å². The molecular weight excluding hydrogens is 314 g/mol. The molecule has 0 aliphatic rings. The quantitative estimate of drug-likeness (QED) is 0.724. The Morgan fingerprint density at radius 2 is 1.88 bits per heavy atom. The summed E-state index contributed by atoms with van der Waals surface area (Å²) >= 11 is 0. The van der Waals surface area contributed by atoms with Gasteiger partial charge in [0, 0.05) is 24.3 Å². The second-order valence-electron chi connectivity index (χ2n) is 6.24. The fourth-order valence-electron chi connectivity index (χ4n) is 3.19. The smallest absolute Gasteiger partial charge is 0.270 e. The minimum absolute atomic E-state index is 0.0128. The van der Waals surface area contributed by atoms with Gasteiger partial charge in [-0.15, -0.1) is 0 Å². The number of aryl methyl sites for hydroxylation is 1. The molecule has 1 amide bonds. The molecule has 3 N–H and O–H groups in total. The minimum Gasteiger partial charge on any atom is -0.354 e. The first-order valence-electron chi connectivity index (χ1n) is 8.75. The Labute approximate surface area is 149 Å². The van der Waals surface area contributed by atoms with E-state index in [0.717, 1.165) is 23.2 Å². The summed E-state index contributed by atoms with van der Waals surface area (Å²) in [6, 6.07) is 9.89. The Balaban J connectivity index is 2.36.